The minimum absolute atomic E-state index is 0. The van der Waals surface area contributed by atoms with E-state index in [0.717, 1.165) is 3.92 Å². The van der Waals surface area contributed by atoms with Gasteiger partial charge in [0.25, 0.3) is 0 Å². The molecule has 0 aliphatic rings. The first kappa shape index (κ1) is 8.11. The van der Waals surface area contributed by atoms with Gasteiger partial charge >= 0.3 is 29.6 Å². The third-order valence-corrected chi connectivity index (χ3v) is 1.73. The van der Waals surface area contributed by atoms with Crippen molar-refractivity contribution in [3.8, 4) is 0 Å². The van der Waals surface area contributed by atoms with Crippen LogP contribution in [0.4, 0.5) is 0 Å². The molecule has 1 aromatic rings. The monoisotopic (exact) mass is 187 g/mol. The summed E-state index contributed by atoms with van der Waals surface area (Å²) in [5.74, 6) is 0. The molecule has 0 bridgehead atoms. The quantitative estimate of drug-likeness (QED) is 0.558. The Bertz CT molecular complexity index is 118. The summed E-state index contributed by atoms with van der Waals surface area (Å²) in [6.45, 7) is 0. The molecule has 0 aromatic carbocycles. The van der Waals surface area contributed by atoms with Crippen LogP contribution < -0.4 is 0 Å². The molecule has 34 valence electrons. The van der Waals surface area contributed by atoms with Gasteiger partial charge in [0.2, 0.25) is 0 Å². The molecular weight excluding hydrogens is 185 g/mol. The number of hydrogen-bond donors (Lipinski definition) is 0. The van der Waals surface area contributed by atoms with Crippen molar-refractivity contribution < 1.29 is 0 Å². The van der Waals surface area contributed by atoms with Crippen molar-refractivity contribution >= 4 is 56.8 Å². The van der Waals surface area contributed by atoms with Crippen LogP contribution in [0.2, 0.25) is 0 Å². The van der Waals surface area contributed by atoms with Crippen LogP contribution in [-0.2, 0) is 0 Å². The Labute approximate surface area is 76.6 Å². The molecule has 7 heavy (non-hydrogen) atoms. The normalized spacial score (nSPS) is 7.57. The average Bonchev–Trinajstić information content (AvgIpc) is 1.86. The van der Waals surface area contributed by atoms with E-state index in [9.17, 15) is 0 Å². The van der Waals surface area contributed by atoms with E-state index in [2.05, 4.69) is 20.9 Å². The van der Waals surface area contributed by atoms with Crippen LogP contribution in [0.1, 0.15) is 0 Å². The molecule has 1 nitrogen and oxygen atoms in total. The predicted octanol–water partition coefficient (Wildman–Crippen LogP) is 1.26. The number of thiazole rings is 1. The molecule has 0 saturated heterocycles. The van der Waals surface area contributed by atoms with Gasteiger partial charge in [0.1, 0.15) is 0 Å². The Morgan fingerprint density at radius 2 is 2.43 bits per heavy atom. The van der Waals surface area contributed by atoms with Crippen LogP contribution in [0.15, 0.2) is 15.5 Å². The molecule has 1 aromatic heterocycles. The van der Waals surface area contributed by atoms with Gasteiger partial charge in [-0.2, -0.15) is 0 Å². The first-order valence-corrected chi connectivity index (χ1v) is 3.12. The van der Waals surface area contributed by atoms with E-state index in [-0.39, 0.29) is 29.6 Å². The molecule has 0 atom stereocenters. The van der Waals surface area contributed by atoms with Gasteiger partial charge < -0.3 is 0 Å². The van der Waals surface area contributed by atoms with Crippen molar-refractivity contribution in [1.29, 1.82) is 0 Å². The van der Waals surface area contributed by atoms with Crippen LogP contribution in [0.25, 0.3) is 0 Å². The van der Waals surface area contributed by atoms with E-state index in [1.165, 1.54) is 0 Å². The van der Waals surface area contributed by atoms with Crippen molar-refractivity contribution in [1.82, 2.24) is 4.98 Å². The molecular formula is C3H3BrNNaS. The van der Waals surface area contributed by atoms with Crippen LogP contribution in [0.3, 0.4) is 0 Å². The van der Waals surface area contributed by atoms with E-state index < -0.39 is 0 Å². The predicted molar refractivity (Wildman–Crippen MR) is 37.0 cm³/mol. The molecule has 0 fully saturated rings. The number of aromatic nitrogens is 1. The maximum atomic E-state index is 3.85. The summed E-state index contributed by atoms with van der Waals surface area (Å²) in [5.41, 5.74) is 0. The van der Waals surface area contributed by atoms with Crippen LogP contribution in [0.5, 0.6) is 0 Å². The van der Waals surface area contributed by atoms with Gasteiger partial charge in [0, 0.05) is 11.6 Å². The van der Waals surface area contributed by atoms with Gasteiger partial charge in [-0.3, -0.25) is 0 Å². The Kier molecular flexibility index (Phi) is 4.68. The second-order valence-electron chi connectivity index (χ2n) is 0.785. The topological polar surface area (TPSA) is 12.9 Å². The van der Waals surface area contributed by atoms with Gasteiger partial charge in [-0.05, 0) is 15.9 Å². The number of nitrogens with zero attached hydrogens (tertiary/aromatic N) is 1. The second kappa shape index (κ2) is 4.04. The van der Waals surface area contributed by atoms with Crippen LogP contribution in [0, 0.1) is 0 Å². The van der Waals surface area contributed by atoms with Crippen LogP contribution >= 0.6 is 27.3 Å². The molecule has 0 amide bonds. The Hall–Kier alpha value is 1.11. The van der Waals surface area contributed by atoms with Crippen molar-refractivity contribution in [3.63, 3.8) is 0 Å². The molecule has 0 aliphatic carbocycles. The fourth-order valence-electron chi connectivity index (χ4n) is 0.206. The summed E-state index contributed by atoms with van der Waals surface area (Å²) in [7, 11) is 0. The molecule has 1 heterocycles. The van der Waals surface area contributed by atoms with Crippen molar-refractivity contribution in [2.24, 2.45) is 0 Å². The van der Waals surface area contributed by atoms with Gasteiger partial charge in [0.15, 0.2) is 3.92 Å². The average molecular weight is 188 g/mol. The zero-order chi connectivity index (χ0) is 4.41. The first-order chi connectivity index (χ1) is 2.89. The van der Waals surface area contributed by atoms with E-state index in [1.807, 2.05) is 5.38 Å². The van der Waals surface area contributed by atoms with E-state index in [0.29, 0.717) is 0 Å². The van der Waals surface area contributed by atoms with Crippen molar-refractivity contribution in [3.05, 3.63) is 15.5 Å². The van der Waals surface area contributed by atoms with Crippen molar-refractivity contribution in [2.45, 2.75) is 0 Å². The summed E-state index contributed by atoms with van der Waals surface area (Å²) in [4.78, 5) is 3.85. The maximum absolute atomic E-state index is 3.85. The Morgan fingerprint density at radius 1 is 1.71 bits per heavy atom. The zero-order valence-electron chi connectivity index (χ0n) is 2.89. The van der Waals surface area contributed by atoms with E-state index in [1.54, 1.807) is 17.5 Å². The molecule has 0 N–H and O–H groups in total. The van der Waals surface area contributed by atoms with Gasteiger partial charge in [0.05, 0.1) is 0 Å². The summed E-state index contributed by atoms with van der Waals surface area (Å²) >= 11 is 4.77. The zero-order valence-corrected chi connectivity index (χ0v) is 5.29. The van der Waals surface area contributed by atoms with Gasteiger partial charge in [-0.1, -0.05) is 0 Å². The number of rotatable bonds is 0. The fraction of sp³-hybridized carbons (Fsp3) is 0. The fourth-order valence-corrected chi connectivity index (χ4v) is 1.00. The summed E-state index contributed by atoms with van der Waals surface area (Å²) < 4.78 is 0.947. The Balaban J connectivity index is 0.000000360. The molecule has 0 radical (unpaired) electrons. The molecule has 0 unspecified atom stereocenters. The SMILES string of the molecule is Brc1nccs1.[NaH]. The van der Waals surface area contributed by atoms with Gasteiger partial charge in [-0.25, -0.2) is 4.98 Å². The number of hydrogen-bond acceptors (Lipinski definition) is 2. The summed E-state index contributed by atoms with van der Waals surface area (Å²) in [6, 6.07) is 0. The third-order valence-electron chi connectivity index (χ3n) is 0.402. The molecule has 0 spiro atoms. The van der Waals surface area contributed by atoms with Gasteiger partial charge in [-0.15, -0.1) is 11.3 Å². The molecule has 1 rings (SSSR count). The molecule has 0 aliphatic heterocycles. The van der Waals surface area contributed by atoms with E-state index >= 15 is 0 Å². The van der Waals surface area contributed by atoms with E-state index in [4.69, 9.17) is 0 Å². The Morgan fingerprint density at radius 3 is 2.57 bits per heavy atom. The molecule has 4 heteroatoms. The minimum atomic E-state index is 0. The standard InChI is InChI=1S/C3H2BrNS.Na.H/c4-3-5-1-2-6-3;;/h1-2H;;. The number of halogens is 1. The first-order valence-electron chi connectivity index (χ1n) is 1.44. The third kappa shape index (κ3) is 2.82. The van der Waals surface area contributed by atoms with Crippen molar-refractivity contribution in [2.75, 3.05) is 0 Å². The van der Waals surface area contributed by atoms with Crippen LogP contribution in [-0.4, -0.2) is 34.5 Å². The summed E-state index contributed by atoms with van der Waals surface area (Å²) in [6.07, 6.45) is 1.76. The summed E-state index contributed by atoms with van der Waals surface area (Å²) in [5, 5.41) is 1.92. The molecule has 0 saturated carbocycles. The second-order valence-corrected chi connectivity index (χ2v) is 2.96.